The molecule has 0 aliphatic rings. The predicted octanol–water partition coefficient (Wildman–Crippen LogP) is 5.89. The molecule has 20 heavy (non-hydrogen) atoms. The van der Waals surface area contributed by atoms with E-state index in [0.29, 0.717) is 0 Å². The van der Waals surface area contributed by atoms with Gasteiger partial charge in [0.25, 0.3) is 0 Å². The highest BCUT2D eigenvalue weighted by Gasteiger charge is 2.24. The lowest BCUT2D eigenvalue weighted by Gasteiger charge is -2.29. The van der Waals surface area contributed by atoms with E-state index in [2.05, 4.69) is 53.9 Å². The lowest BCUT2D eigenvalue weighted by molar-refractivity contribution is 0.516. The van der Waals surface area contributed by atoms with Crippen molar-refractivity contribution in [1.29, 1.82) is 0 Å². The highest BCUT2D eigenvalue weighted by atomic mass is 14.3. The first-order chi connectivity index (χ1) is 9.37. The van der Waals surface area contributed by atoms with Gasteiger partial charge in [0.15, 0.2) is 0 Å². The SMILES string of the molecule is [B]/C(CC)=C(C)/C(CC)=C(\C)C(C)(C=C)C/C=C\C=C. The fourth-order valence-corrected chi connectivity index (χ4v) is 2.41. The smallest absolute Gasteiger partial charge is 0.108 e. The van der Waals surface area contributed by atoms with Crippen LogP contribution in [0.25, 0.3) is 0 Å². The van der Waals surface area contributed by atoms with Crippen LogP contribution in [-0.2, 0) is 0 Å². The van der Waals surface area contributed by atoms with Gasteiger partial charge in [-0.05, 0) is 38.7 Å². The molecule has 1 atom stereocenters. The number of hydrogen-bond acceptors (Lipinski definition) is 0. The predicted molar refractivity (Wildman–Crippen MR) is 94.0 cm³/mol. The molecule has 0 rings (SSSR count). The minimum atomic E-state index is -0.0415. The van der Waals surface area contributed by atoms with Crippen molar-refractivity contribution >= 4 is 7.85 Å². The van der Waals surface area contributed by atoms with Crippen LogP contribution >= 0.6 is 0 Å². The Kier molecular flexibility index (Phi) is 8.29. The Morgan fingerprint density at radius 2 is 1.75 bits per heavy atom. The van der Waals surface area contributed by atoms with Crippen LogP contribution in [-0.4, -0.2) is 7.85 Å². The van der Waals surface area contributed by atoms with E-state index in [4.69, 9.17) is 7.85 Å². The summed E-state index contributed by atoms with van der Waals surface area (Å²) in [7, 11) is 6.13. The molecule has 0 saturated carbocycles. The summed E-state index contributed by atoms with van der Waals surface area (Å²) in [4.78, 5) is 0. The normalized spacial score (nSPS) is 17.2. The molecule has 0 amide bonds. The van der Waals surface area contributed by atoms with Gasteiger partial charge in [0, 0.05) is 5.41 Å². The second-order valence-electron chi connectivity index (χ2n) is 5.45. The van der Waals surface area contributed by atoms with Gasteiger partial charge in [0.2, 0.25) is 0 Å². The number of rotatable bonds is 8. The van der Waals surface area contributed by atoms with Crippen LogP contribution in [0.5, 0.6) is 0 Å². The zero-order valence-corrected chi connectivity index (χ0v) is 13.9. The molecule has 1 unspecified atom stereocenters. The molecule has 0 nitrogen and oxygen atoms in total. The van der Waals surface area contributed by atoms with Gasteiger partial charge < -0.3 is 0 Å². The van der Waals surface area contributed by atoms with Crippen molar-refractivity contribution in [2.45, 2.75) is 53.9 Å². The zero-order valence-electron chi connectivity index (χ0n) is 13.9. The second kappa shape index (κ2) is 8.84. The van der Waals surface area contributed by atoms with Gasteiger partial charge in [0.1, 0.15) is 7.85 Å². The average molecular weight is 268 g/mol. The Morgan fingerprint density at radius 1 is 1.15 bits per heavy atom. The van der Waals surface area contributed by atoms with Crippen molar-refractivity contribution in [3.63, 3.8) is 0 Å². The summed E-state index contributed by atoms with van der Waals surface area (Å²) in [5.74, 6) is 0. The minimum Gasteiger partial charge on any atom is -0.115 e. The van der Waals surface area contributed by atoms with Gasteiger partial charge in [-0.15, -0.1) is 12.1 Å². The summed E-state index contributed by atoms with van der Waals surface area (Å²) in [6.45, 7) is 18.6. The Hall–Kier alpha value is -1.24. The maximum Gasteiger partial charge on any atom is 0.108 e. The Bertz CT molecular complexity index is 435. The first-order valence-electron chi connectivity index (χ1n) is 7.44. The van der Waals surface area contributed by atoms with Crippen LogP contribution in [0.2, 0.25) is 0 Å². The van der Waals surface area contributed by atoms with Crippen molar-refractivity contribution in [1.82, 2.24) is 0 Å². The molecule has 0 fully saturated rings. The third-order valence-electron chi connectivity index (χ3n) is 4.24. The van der Waals surface area contributed by atoms with E-state index < -0.39 is 0 Å². The zero-order chi connectivity index (χ0) is 15.8. The molecule has 0 aromatic heterocycles. The van der Waals surface area contributed by atoms with Crippen LogP contribution in [0, 0.1) is 5.41 Å². The minimum absolute atomic E-state index is 0.0415. The molecule has 1 heteroatoms. The summed E-state index contributed by atoms with van der Waals surface area (Å²) >= 11 is 0. The lowest BCUT2D eigenvalue weighted by atomic mass is 9.74. The molecule has 0 aromatic carbocycles. The molecule has 0 N–H and O–H groups in total. The van der Waals surface area contributed by atoms with Crippen LogP contribution in [0.15, 0.2) is 59.7 Å². The average Bonchev–Trinajstić information content (AvgIpc) is 2.46. The fourth-order valence-electron chi connectivity index (χ4n) is 2.41. The van der Waals surface area contributed by atoms with E-state index >= 15 is 0 Å². The van der Waals surface area contributed by atoms with Crippen molar-refractivity contribution in [3.05, 3.63) is 59.7 Å². The monoisotopic (exact) mass is 268 g/mol. The first kappa shape index (κ1) is 18.8. The molecule has 0 aliphatic carbocycles. The lowest BCUT2D eigenvalue weighted by Crippen LogP contribution is -2.16. The van der Waals surface area contributed by atoms with Gasteiger partial charge in [-0.2, -0.15) is 0 Å². The molecular weight excluding hydrogens is 239 g/mol. The molecule has 108 valence electrons. The topological polar surface area (TPSA) is 0 Å². The molecule has 0 saturated heterocycles. The molecule has 0 bridgehead atoms. The highest BCUT2D eigenvalue weighted by molar-refractivity contribution is 6.22. The van der Waals surface area contributed by atoms with Gasteiger partial charge in [-0.1, -0.05) is 62.8 Å². The van der Waals surface area contributed by atoms with Crippen molar-refractivity contribution in [2.75, 3.05) is 0 Å². The summed E-state index contributed by atoms with van der Waals surface area (Å²) in [6.07, 6.45) is 10.8. The second-order valence-corrected chi connectivity index (χ2v) is 5.45. The Balaban J connectivity index is 5.75. The number of hydrogen-bond donors (Lipinski definition) is 0. The van der Waals surface area contributed by atoms with Crippen LogP contribution in [0.3, 0.4) is 0 Å². The molecule has 2 radical (unpaired) electrons. The van der Waals surface area contributed by atoms with E-state index in [1.807, 2.05) is 18.2 Å². The third-order valence-corrected chi connectivity index (χ3v) is 4.24. The van der Waals surface area contributed by atoms with E-state index in [9.17, 15) is 0 Å². The molecule has 0 aromatic rings. The van der Waals surface area contributed by atoms with Crippen LogP contribution < -0.4 is 0 Å². The van der Waals surface area contributed by atoms with Gasteiger partial charge in [-0.3, -0.25) is 0 Å². The first-order valence-corrected chi connectivity index (χ1v) is 7.44. The van der Waals surface area contributed by atoms with E-state index in [1.165, 1.54) is 16.7 Å². The van der Waals surface area contributed by atoms with Gasteiger partial charge >= 0.3 is 0 Å². The van der Waals surface area contributed by atoms with Gasteiger partial charge in [-0.25, -0.2) is 0 Å². The summed E-state index contributed by atoms with van der Waals surface area (Å²) < 4.78 is 0. The van der Waals surface area contributed by atoms with Crippen LogP contribution in [0.4, 0.5) is 0 Å². The molecule has 0 aliphatic heterocycles. The molecular formula is C19H29B. The molecule has 0 spiro atoms. The Labute approximate surface area is 127 Å². The fraction of sp³-hybridized carbons (Fsp3) is 0.474. The van der Waals surface area contributed by atoms with Crippen molar-refractivity contribution < 1.29 is 0 Å². The maximum atomic E-state index is 6.13. The van der Waals surface area contributed by atoms with Crippen LogP contribution in [0.1, 0.15) is 53.9 Å². The third kappa shape index (κ3) is 4.70. The van der Waals surface area contributed by atoms with Gasteiger partial charge in [0.05, 0.1) is 0 Å². The quantitative estimate of drug-likeness (QED) is 0.292. The van der Waals surface area contributed by atoms with E-state index in [-0.39, 0.29) is 5.41 Å². The summed E-state index contributed by atoms with van der Waals surface area (Å²) in [6, 6.07) is 0. The van der Waals surface area contributed by atoms with Crippen molar-refractivity contribution in [2.24, 2.45) is 5.41 Å². The summed E-state index contributed by atoms with van der Waals surface area (Å²) in [5, 5.41) is 0. The standard InChI is InChI=1S/C19H29B/c1-8-12-13-14-19(7,11-4)16(6)17(9-2)15(5)18(20)10-3/h8,11-13H,1,4,9-10,14H2,2-3,5-7H3/b13-12-,17-16+,18-15+. The Morgan fingerprint density at radius 3 is 2.15 bits per heavy atom. The maximum absolute atomic E-state index is 6.13. The van der Waals surface area contributed by atoms with E-state index in [1.54, 1.807) is 0 Å². The molecule has 0 heterocycles. The van der Waals surface area contributed by atoms with Crippen molar-refractivity contribution in [3.8, 4) is 0 Å². The summed E-state index contributed by atoms with van der Waals surface area (Å²) in [5.41, 5.74) is 4.89. The van der Waals surface area contributed by atoms with E-state index in [0.717, 1.165) is 24.7 Å². The highest BCUT2D eigenvalue weighted by Crippen LogP contribution is 2.37. The largest absolute Gasteiger partial charge is 0.115 e. The number of allylic oxidation sites excluding steroid dienone is 8.